The fraction of sp³-hybridized carbons (Fsp3) is 0.231. The first-order valence-electron chi connectivity index (χ1n) is 10.7. The summed E-state index contributed by atoms with van der Waals surface area (Å²) >= 11 is 5.96. The van der Waals surface area contributed by atoms with Gasteiger partial charge in [0.2, 0.25) is 0 Å². The van der Waals surface area contributed by atoms with Crippen molar-refractivity contribution in [3.05, 3.63) is 94.0 Å². The molecular formula is C26H26ClN3O2. The molecule has 0 saturated carbocycles. The summed E-state index contributed by atoms with van der Waals surface area (Å²) in [4.78, 5) is 29.3. The Balaban J connectivity index is 1.43. The number of carbonyl (C=O) groups excluding carboxylic acids is 2. The van der Waals surface area contributed by atoms with Crippen molar-refractivity contribution in [3.8, 4) is 0 Å². The van der Waals surface area contributed by atoms with E-state index in [1.165, 1.54) is 5.56 Å². The molecule has 0 unspecified atom stereocenters. The average molecular weight is 448 g/mol. The van der Waals surface area contributed by atoms with Gasteiger partial charge in [-0.25, -0.2) is 4.79 Å². The Kier molecular flexibility index (Phi) is 6.47. The van der Waals surface area contributed by atoms with E-state index in [-0.39, 0.29) is 11.9 Å². The summed E-state index contributed by atoms with van der Waals surface area (Å²) in [6.45, 7) is 5.98. The van der Waals surface area contributed by atoms with Crippen LogP contribution in [0.15, 0.2) is 66.7 Å². The summed E-state index contributed by atoms with van der Waals surface area (Å²) in [6, 6.07) is 20.6. The van der Waals surface area contributed by atoms with Gasteiger partial charge in [0.05, 0.1) is 0 Å². The minimum absolute atomic E-state index is 0.0291. The number of nitrogens with one attached hydrogen (secondary N) is 1. The molecule has 0 aromatic heterocycles. The Morgan fingerprint density at radius 3 is 2.34 bits per heavy atom. The molecule has 0 spiro atoms. The molecule has 3 aromatic rings. The first kappa shape index (κ1) is 21.9. The SMILES string of the molecule is Cc1ccc(NC(=O)c2ccc(N3CCCN(Cc4ccc(Cl)cc4)C3=O)cc2)cc1C. The molecule has 1 aliphatic rings. The van der Waals surface area contributed by atoms with Crippen molar-refractivity contribution in [2.75, 3.05) is 23.3 Å². The van der Waals surface area contributed by atoms with Gasteiger partial charge in [0.1, 0.15) is 0 Å². The van der Waals surface area contributed by atoms with Gasteiger partial charge in [0.25, 0.3) is 5.91 Å². The highest BCUT2D eigenvalue weighted by atomic mass is 35.5. The molecule has 1 aliphatic heterocycles. The summed E-state index contributed by atoms with van der Waals surface area (Å²) in [5.41, 5.74) is 5.47. The van der Waals surface area contributed by atoms with E-state index < -0.39 is 0 Å². The Hall–Kier alpha value is -3.31. The molecule has 1 N–H and O–H groups in total. The highest BCUT2D eigenvalue weighted by Gasteiger charge is 2.27. The number of aryl methyl sites for hydroxylation is 2. The van der Waals surface area contributed by atoms with Gasteiger partial charge in [0.15, 0.2) is 0 Å². The van der Waals surface area contributed by atoms with Crippen molar-refractivity contribution in [3.63, 3.8) is 0 Å². The van der Waals surface area contributed by atoms with Crippen LogP contribution in [0.25, 0.3) is 0 Å². The van der Waals surface area contributed by atoms with E-state index in [9.17, 15) is 9.59 Å². The van der Waals surface area contributed by atoms with Crippen LogP contribution in [0, 0.1) is 13.8 Å². The van der Waals surface area contributed by atoms with Crippen molar-refractivity contribution in [2.24, 2.45) is 0 Å². The molecule has 1 saturated heterocycles. The van der Waals surface area contributed by atoms with Crippen molar-refractivity contribution >= 4 is 34.9 Å². The molecule has 164 valence electrons. The molecule has 3 amide bonds. The first-order valence-corrected chi connectivity index (χ1v) is 11.1. The second kappa shape index (κ2) is 9.45. The largest absolute Gasteiger partial charge is 0.324 e. The number of amides is 3. The van der Waals surface area contributed by atoms with E-state index in [1.54, 1.807) is 17.0 Å². The van der Waals surface area contributed by atoms with Gasteiger partial charge in [-0.1, -0.05) is 29.8 Å². The predicted octanol–water partition coefficient (Wildman–Crippen LogP) is 6.04. The monoisotopic (exact) mass is 447 g/mol. The van der Waals surface area contributed by atoms with Crippen LogP contribution in [0.5, 0.6) is 0 Å². The Morgan fingerprint density at radius 1 is 0.938 bits per heavy atom. The van der Waals surface area contributed by atoms with Crippen LogP contribution in [0.4, 0.5) is 16.2 Å². The molecular weight excluding hydrogens is 422 g/mol. The van der Waals surface area contributed by atoms with Gasteiger partial charge in [0, 0.05) is 41.6 Å². The molecule has 0 aliphatic carbocycles. The Morgan fingerprint density at radius 2 is 1.66 bits per heavy atom. The molecule has 0 radical (unpaired) electrons. The van der Waals surface area contributed by atoms with Crippen molar-refractivity contribution in [1.82, 2.24) is 4.90 Å². The van der Waals surface area contributed by atoms with Gasteiger partial charge in [-0.15, -0.1) is 0 Å². The fourth-order valence-corrected chi connectivity index (χ4v) is 3.92. The third kappa shape index (κ3) is 4.94. The Bertz CT molecular complexity index is 1130. The van der Waals surface area contributed by atoms with E-state index >= 15 is 0 Å². The highest BCUT2D eigenvalue weighted by Crippen LogP contribution is 2.23. The van der Waals surface area contributed by atoms with Crippen LogP contribution in [0.2, 0.25) is 5.02 Å². The maximum Gasteiger partial charge on any atom is 0.324 e. The van der Waals surface area contributed by atoms with E-state index in [2.05, 4.69) is 5.32 Å². The predicted molar refractivity (Wildman–Crippen MR) is 130 cm³/mol. The summed E-state index contributed by atoms with van der Waals surface area (Å²) in [5, 5.41) is 3.62. The maximum absolute atomic E-state index is 13.1. The molecule has 1 fully saturated rings. The summed E-state index contributed by atoms with van der Waals surface area (Å²) in [6.07, 6.45) is 0.883. The lowest BCUT2D eigenvalue weighted by Crippen LogP contribution is -2.49. The standard InChI is InChI=1S/C26H26ClN3O2/c1-18-4-11-23(16-19(18)2)28-25(31)21-7-12-24(13-8-21)30-15-3-14-29(26(30)32)17-20-5-9-22(27)10-6-20/h4-13,16H,3,14-15,17H2,1-2H3,(H,28,31). The number of carbonyl (C=O) groups is 2. The van der Waals surface area contributed by atoms with Gasteiger partial charge in [-0.05, 0) is 85.5 Å². The molecule has 0 bridgehead atoms. The van der Waals surface area contributed by atoms with Crippen LogP contribution in [-0.2, 0) is 6.54 Å². The summed E-state index contributed by atoms with van der Waals surface area (Å²) in [5.74, 6) is -0.172. The smallest absolute Gasteiger partial charge is 0.322 e. The van der Waals surface area contributed by atoms with Gasteiger partial charge in [-0.2, -0.15) is 0 Å². The van der Waals surface area contributed by atoms with E-state index in [1.807, 2.05) is 73.3 Å². The van der Waals surface area contributed by atoms with Crippen LogP contribution >= 0.6 is 11.6 Å². The first-order chi connectivity index (χ1) is 15.4. The molecule has 32 heavy (non-hydrogen) atoms. The van der Waals surface area contributed by atoms with Crippen molar-refractivity contribution in [2.45, 2.75) is 26.8 Å². The second-order valence-electron chi connectivity index (χ2n) is 8.14. The second-order valence-corrected chi connectivity index (χ2v) is 8.57. The van der Waals surface area contributed by atoms with E-state index in [0.717, 1.165) is 28.9 Å². The topological polar surface area (TPSA) is 52.7 Å². The third-order valence-corrected chi connectivity index (χ3v) is 6.06. The molecule has 4 rings (SSSR count). The lowest BCUT2D eigenvalue weighted by Gasteiger charge is -2.35. The average Bonchev–Trinajstić information content (AvgIpc) is 2.79. The van der Waals surface area contributed by atoms with Gasteiger partial charge < -0.3 is 10.2 Å². The number of nitrogens with zero attached hydrogens (tertiary/aromatic N) is 2. The lowest BCUT2D eigenvalue weighted by molar-refractivity contribution is 0.102. The maximum atomic E-state index is 13.1. The number of urea groups is 1. The summed E-state index contributed by atoms with van der Waals surface area (Å²) < 4.78 is 0. The van der Waals surface area contributed by atoms with Crippen LogP contribution in [0.3, 0.4) is 0 Å². The lowest BCUT2D eigenvalue weighted by atomic mass is 10.1. The Labute approximate surface area is 193 Å². The minimum atomic E-state index is -0.172. The molecule has 0 atom stereocenters. The quantitative estimate of drug-likeness (QED) is 0.518. The van der Waals surface area contributed by atoms with Crippen LogP contribution in [-0.4, -0.2) is 29.9 Å². The number of anilines is 2. The summed E-state index contributed by atoms with van der Waals surface area (Å²) in [7, 11) is 0. The zero-order valence-electron chi connectivity index (χ0n) is 18.3. The number of benzene rings is 3. The van der Waals surface area contributed by atoms with Crippen molar-refractivity contribution in [1.29, 1.82) is 0 Å². The van der Waals surface area contributed by atoms with Crippen molar-refractivity contribution < 1.29 is 9.59 Å². The van der Waals surface area contributed by atoms with Gasteiger partial charge in [-0.3, -0.25) is 9.69 Å². The number of hydrogen-bond donors (Lipinski definition) is 1. The zero-order valence-corrected chi connectivity index (χ0v) is 19.0. The van der Waals surface area contributed by atoms with E-state index in [4.69, 9.17) is 11.6 Å². The molecule has 3 aromatic carbocycles. The fourth-order valence-electron chi connectivity index (χ4n) is 3.79. The molecule has 5 nitrogen and oxygen atoms in total. The normalized spacial score (nSPS) is 13.9. The highest BCUT2D eigenvalue weighted by molar-refractivity contribution is 6.30. The number of rotatable bonds is 5. The zero-order chi connectivity index (χ0) is 22.7. The minimum Gasteiger partial charge on any atom is -0.322 e. The number of hydrogen-bond acceptors (Lipinski definition) is 2. The van der Waals surface area contributed by atoms with Crippen LogP contribution < -0.4 is 10.2 Å². The molecule has 1 heterocycles. The van der Waals surface area contributed by atoms with E-state index in [0.29, 0.717) is 30.2 Å². The van der Waals surface area contributed by atoms with Crippen LogP contribution in [0.1, 0.15) is 33.5 Å². The van der Waals surface area contributed by atoms with Gasteiger partial charge >= 0.3 is 6.03 Å². The molecule has 6 heteroatoms. The third-order valence-electron chi connectivity index (χ3n) is 5.80. The number of halogens is 1.